The fourth-order valence-electron chi connectivity index (χ4n) is 3.81. The molecule has 0 aliphatic heterocycles. The van der Waals surface area contributed by atoms with Gasteiger partial charge in [0.05, 0.1) is 12.7 Å². The van der Waals surface area contributed by atoms with E-state index in [1.54, 1.807) is 6.07 Å². The molecular weight excluding hydrogens is 392 g/mol. The van der Waals surface area contributed by atoms with E-state index in [0.717, 1.165) is 22.9 Å². The summed E-state index contributed by atoms with van der Waals surface area (Å²) in [6.45, 7) is 0.716. The van der Waals surface area contributed by atoms with Gasteiger partial charge in [0, 0.05) is 33.7 Å². The van der Waals surface area contributed by atoms with Crippen LogP contribution in [0.3, 0.4) is 0 Å². The van der Waals surface area contributed by atoms with E-state index in [4.69, 9.17) is 4.74 Å². The molecule has 0 radical (unpaired) electrons. The molecule has 1 heterocycles. The van der Waals surface area contributed by atoms with Gasteiger partial charge in [-0.2, -0.15) is 0 Å². The number of ether oxygens (including phenoxy) is 1. The molecule has 4 rings (SSSR count). The lowest BCUT2D eigenvalue weighted by molar-refractivity contribution is 0.0600. The minimum atomic E-state index is -0.298. The number of aryl methyl sites for hydroxylation is 1. The van der Waals surface area contributed by atoms with Crippen LogP contribution in [0.4, 0.5) is 0 Å². The van der Waals surface area contributed by atoms with E-state index in [0.29, 0.717) is 18.2 Å². The second-order valence-corrected chi connectivity index (χ2v) is 7.64. The Hall–Kier alpha value is -2.11. The molecule has 0 spiro atoms. The van der Waals surface area contributed by atoms with Gasteiger partial charge in [-0.25, -0.2) is 4.79 Å². The zero-order chi connectivity index (χ0) is 18.1. The van der Waals surface area contributed by atoms with E-state index in [1.807, 2.05) is 18.2 Å². The molecular formula is C21H21BrN2O2. The summed E-state index contributed by atoms with van der Waals surface area (Å²) in [5.41, 5.74) is 5.59. The lowest BCUT2D eigenvalue weighted by atomic mass is 9.91. The fraction of sp³-hybridized carbons (Fsp3) is 0.286. The molecule has 5 heteroatoms. The number of carbonyl (C=O) groups excluding carboxylic acids is 1. The Morgan fingerprint density at radius 2 is 2.19 bits per heavy atom. The second kappa shape index (κ2) is 7.25. The minimum absolute atomic E-state index is 0.298. The van der Waals surface area contributed by atoms with Gasteiger partial charge in [0.15, 0.2) is 0 Å². The number of carbonyl (C=O) groups is 1. The number of benzene rings is 2. The van der Waals surface area contributed by atoms with E-state index in [9.17, 15) is 4.79 Å². The first-order valence-electron chi connectivity index (χ1n) is 8.86. The summed E-state index contributed by atoms with van der Waals surface area (Å²) in [5, 5.41) is 4.97. The summed E-state index contributed by atoms with van der Waals surface area (Å²) in [7, 11) is 1.41. The largest absolute Gasteiger partial charge is 0.465 e. The van der Waals surface area contributed by atoms with Crippen molar-refractivity contribution in [2.45, 2.75) is 31.8 Å². The predicted octanol–water partition coefficient (Wildman–Crippen LogP) is 4.88. The predicted molar refractivity (Wildman–Crippen MR) is 106 cm³/mol. The van der Waals surface area contributed by atoms with Gasteiger partial charge in [-0.15, -0.1) is 0 Å². The smallest absolute Gasteiger partial charge is 0.337 e. The van der Waals surface area contributed by atoms with Gasteiger partial charge in [-0.05, 0) is 60.7 Å². The molecule has 0 unspecified atom stereocenters. The van der Waals surface area contributed by atoms with Gasteiger partial charge in [0.2, 0.25) is 0 Å². The van der Waals surface area contributed by atoms with Gasteiger partial charge >= 0.3 is 5.97 Å². The number of rotatable bonds is 4. The average Bonchev–Trinajstić information content (AvgIpc) is 3.04. The highest BCUT2D eigenvalue weighted by atomic mass is 79.9. The molecule has 0 fully saturated rings. The summed E-state index contributed by atoms with van der Waals surface area (Å²) in [6, 6.07) is 14.3. The normalized spacial score (nSPS) is 16.5. The summed E-state index contributed by atoms with van der Waals surface area (Å²) >= 11 is 3.58. The van der Waals surface area contributed by atoms with E-state index >= 15 is 0 Å². The van der Waals surface area contributed by atoms with Crippen LogP contribution in [0.2, 0.25) is 0 Å². The molecule has 0 saturated carbocycles. The van der Waals surface area contributed by atoms with Crippen molar-refractivity contribution >= 4 is 32.8 Å². The molecule has 2 aromatic carbocycles. The van der Waals surface area contributed by atoms with Crippen LogP contribution in [-0.4, -0.2) is 18.1 Å². The minimum Gasteiger partial charge on any atom is -0.465 e. The van der Waals surface area contributed by atoms with Crippen molar-refractivity contribution in [3.05, 3.63) is 69.3 Å². The van der Waals surface area contributed by atoms with Crippen molar-refractivity contribution in [2.24, 2.45) is 0 Å². The third kappa shape index (κ3) is 3.29. The molecule has 26 heavy (non-hydrogen) atoms. The molecule has 1 aliphatic rings. The topological polar surface area (TPSA) is 54.1 Å². The molecule has 2 N–H and O–H groups in total. The van der Waals surface area contributed by atoms with E-state index in [1.165, 1.54) is 35.7 Å². The van der Waals surface area contributed by atoms with Gasteiger partial charge < -0.3 is 15.0 Å². The maximum atomic E-state index is 11.7. The monoisotopic (exact) mass is 412 g/mol. The van der Waals surface area contributed by atoms with Crippen molar-refractivity contribution in [2.75, 3.05) is 7.11 Å². The Balaban J connectivity index is 1.56. The maximum Gasteiger partial charge on any atom is 0.337 e. The van der Waals surface area contributed by atoms with Crippen molar-refractivity contribution in [1.29, 1.82) is 0 Å². The number of methoxy groups -OCH3 is 1. The van der Waals surface area contributed by atoms with Gasteiger partial charge in [0.1, 0.15) is 0 Å². The van der Waals surface area contributed by atoms with Crippen LogP contribution >= 0.6 is 15.9 Å². The highest BCUT2D eigenvalue weighted by molar-refractivity contribution is 9.10. The molecule has 1 aromatic heterocycles. The number of aromatic nitrogens is 1. The van der Waals surface area contributed by atoms with Crippen molar-refractivity contribution in [1.82, 2.24) is 10.3 Å². The maximum absolute atomic E-state index is 11.7. The van der Waals surface area contributed by atoms with Gasteiger partial charge in [-0.3, -0.25) is 0 Å². The summed E-state index contributed by atoms with van der Waals surface area (Å²) in [5.74, 6) is -0.298. The number of aromatic amines is 1. The number of esters is 1. The lowest BCUT2D eigenvalue weighted by Crippen LogP contribution is -2.25. The molecule has 4 nitrogen and oxygen atoms in total. The third-order valence-electron chi connectivity index (χ3n) is 5.07. The van der Waals surface area contributed by atoms with E-state index in [2.05, 4.69) is 44.4 Å². The first-order chi connectivity index (χ1) is 12.7. The van der Waals surface area contributed by atoms with Gasteiger partial charge in [-0.1, -0.05) is 28.1 Å². The Labute approximate surface area is 161 Å². The van der Waals surface area contributed by atoms with Crippen LogP contribution in [0.1, 0.15) is 46.1 Å². The Morgan fingerprint density at radius 3 is 3.04 bits per heavy atom. The first-order valence-corrected chi connectivity index (χ1v) is 9.65. The van der Waals surface area contributed by atoms with Crippen molar-refractivity contribution in [3.63, 3.8) is 0 Å². The number of nitrogens with one attached hydrogen (secondary N) is 2. The van der Waals surface area contributed by atoms with Crippen LogP contribution in [0.5, 0.6) is 0 Å². The zero-order valence-corrected chi connectivity index (χ0v) is 16.2. The molecule has 0 bridgehead atoms. The van der Waals surface area contributed by atoms with E-state index < -0.39 is 0 Å². The highest BCUT2D eigenvalue weighted by Gasteiger charge is 2.24. The average molecular weight is 413 g/mol. The SMILES string of the molecule is COC(=O)c1cccc(CN[C@@H]2CCCc3c2[nH]c2ccc(Br)cc32)c1. The van der Waals surface area contributed by atoms with E-state index in [-0.39, 0.29) is 5.97 Å². The van der Waals surface area contributed by atoms with Crippen LogP contribution in [0, 0.1) is 0 Å². The number of fused-ring (bicyclic) bond motifs is 3. The molecule has 3 aromatic rings. The molecule has 0 amide bonds. The van der Waals surface area contributed by atoms with Crippen molar-refractivity contribution in [3.8, 4) is 0 Å². The fourth-order valence-corrected chi connectivity index (χ4v) is 4.17. The number of hydrogen-bond donors (Lipinski definition) is 2. The molecule has 1 atom stereocenters. The molecule has 0 saturated heterocycles. The zero-order valence-electron chi connectivity index (χ0n) is 14.6. The number of hydrogen-bond acceptors (Lipinski definition) is 3. The third-order valence-corrected chi connectivity index (χ3v) is 5.56. The second-order valence-electron chi connectivity index (χ2n) is 6.72. The first kappa shape index (κ1) is 17.3. The summed E-state index contributed by atoms with van der Waals surface area (Å²) in [4.78, 5) is 15.3. The Kier molecular flexibility index (Phi) is 4.83. The number of halogens is 1. The standard InChI is InChI=1S/C21H21BrN2O2/c1-26-21(25)14-5-2-4-13(10-14)12-23-19-7-3-6-16-17-11-15(22)8-9-18(17)24-20(16)19/h2,4-5,8-11,19,23-24H,3,6-7,12H2,1H3/t19-/m1/s1. The van der Waals surface area contributed by atoms with Crippen LogP contribution in [-0.2, 0) is 17.7 Å². The molecule has 1 aliphatic carbocycles. The highest BCUT2D eigenvalue weighted by Crippen LogP contribution is 2.35. The summed E-state index contributed by atoms with van der Waals surface area (Å²) in [6.07, 6.45) is 3.39. The lowest BCUT2D eigenvalue weighted by Gasteiger charge is -2.24. The summed E-state index contributed by atoms with van der Waals surface area (Å²) < 4.78 is 5.92. The Bertz CT molecular complexity index is 964. The van der Waals surface area contributed by atoms with Crippen LogP contribution in [0.25, 0.3) is 10.9 Å². The van der Waals surface area contributed by atoms with Gasteiger partial charge in [0.25, 0.3) is 0 Å². The van der Waals surface area contributed by atoms with Crippen LogP contribution in [0.15, 0.2) is 46.9 Å². The Morgan fingerprint density at radius 1 is 1.31 bits per heavy atom. The van der Waals surface area contributed by atoms with Crippen molar-refractivity contribution < 1.29 is 9.53 Å². The number of H-pyrrole nitrogens is 1. The molecule has 134 valence electrons. The van der Waals surface area contributed by atoms with Crippen LogP contribution < -0.4 is 5.32 Å². The quantitative estimate of drug-likeness (QED) is 0.600.